The summed E-state index contributed by atoms with van der Waals surface area (Å²) < 4.78 is 0. The minimum atomic E-state index is -0.307. The molecular formula is C18H19NO. The number of carbonyl (C=O) groups excluding carboxylic acids is 1. The van der Waals surface area contributed by atoms with Crippen LogP contribution in [-0.2, 0) is 10.2 Å². The number of rotatable bonds is 3. The van der Waals surface area contributed by atoms with Gasteiger partial charge in [-0.25, -0.2) is 0 Å². The second-order valence-corrected chi connectivity index (χ2v) is 5.78. The topological polar surface area (TPSA) is 29.1 Å². The minimum absolute atomic E-state index is 0.119. The van der Waals surface area contributed by atoms with Gasteiger partial charge in [0.25, 0.3) is 0 Å². The van der Waals surface area contributed by atoms with Crippen LogP contribution in [0.3, 0.4) is 0 Å². The van der Waals surface area contributed by atoms with E-state index in [-0.39, 0.29) is 11.3 Å². The highest BCUT2D eigenvalue weighted by atomic mass is 16.2. The quantitative estimate of drug-likeness (QED) is 0.893. The molecule has 1 amide bonds. The summed E-state index contributed by atoms with van der Waals surface area (Å²) in [5.41, 5.74) is 4.06. The van der Waals surface area contributed by atoms with E-state index in [9.17, 15) is 4.79 Å². The molecule has 1 saturated carbocycles. The van der Waals surface area contributed by atoms with E-state index >= 15 is 0 Å². The summed E-state index contributed by atoms with van der Waals surface area (Å²) in [6.07, 6.45) is 1.88. The smallest absolute Gasteiger partial charge is 0.235 e. The highest BCUT2D eigenvalue weighted by Gasteiger charge is 2.51. The van der Waals surface area contributed by atoms with Crippen molar-refractivity contribution in [3.05, 3.63) is 65.2 Å². The fraction of sp³-hybridized carbons (Fsp3) is 0.278. The largest absolute Gasteiger partial charge is 0.325 e. The van der Waals surface area contributed by atoms with Crippen molar-refractivity contribution < 1.29 is 4.79 Å². The van der Waals surface area contributed by atoms with Gasteiger partial charge in [0, 0.05) is 5.69 Å². The molecule has 0 aliphatic heterocycles. The fourth-order valence-electron chi connectivity index (χ4n) is 2.83. The Bertz CT molecular complexity index is 621. The summed E-state index contributed by atoms with van der Waals surface area (Å²) >= 11 is 0. The first-order chi connectivity index (χ1) is 9.60. The maximum absolute atomic E-state index is 12.6. The molecule has 3 rings (SSSR count). The molecule has 0 radical (unpaired) electrons. The van der Waals surface area contributed by atoms with Crippen molar-refractivity contribution in [2.75, 3.05) is 5.32 Å². The van der Waals surface area contributed by atoms with Crippen LogP contribution >= 0.6 is 0 Å². The van der Waals surface area contributed by atoms with Gasteiger partial charge in [-0.1, -0.05) is 36.4 Å². The Labute approximate surface area is 119 Å². The van der Waals surface area contributed by atoms with E-state index in [0.717, 1.165) is 24.1 Å². The zero-order valence-corrected chi connectivity index (χ0v) is 11.9. The Morgan fingerprint density at radius 2 is 1.60 bits per heavy atom. The Hall–Kier alpha value is -2.09. The highest BCUT2D eigenvalue weighted by Crippen LogP contribution is 2.48. The number of benzene rings is 2. The minimum Gasteiger partial charge on any atom is -0.325 e. The molecule has 0 atom stereocenters. The van der Waals surface area contributed by atoms with E-state index in [2.05, 4.69) is 11.4 Å². The van der Waals surface area contributed by atoms with Crippen LogP contribution < -0.4 is 5.32 Å². The van der Waals surface area contributed by atoms with Crippen LogP contribution in [0.1, 0.15) is 29.5 Å². The molecule has 0 aromatic heterocycles. The van der Waals surface area contributed by atoms with Gasteiger partial charge in [0.05, 0.1) is 5.41 Å². The van der Waals surface area contributed by atoms with Gasteiger partial charge < -0.3 is 5.32 Å². The van der Waals surface area contributed by atoms with E-state index in [1.54, 1.807) is 0 Å². The lowest BCUT2D eigenvalue weighted by Crippen LogP contribution is -2.27. The lowest BCUT2D eigenvalue weighted by atomic mass is 9.95. The summed E-state index contributed by atoms with van der Waals surface area (Å²) in [7, 11) is 0. The van der Waals surface area contributed by atoms with Crippen molar-refractivity contribution in [3.8, 4) is 0 Å². The lowest BCUT2D eigenvalue weighted by Gasteiger charge is -2.16. The molecule has 0 saturated heterocycles. The van der Waals surface area contributed by atoms with Crippen molar-refractivity contribution in [3.63, 3.8) is 0 Å². The third-order valence-corrected chi connectivity index (χ3v) is 3.99. The SMILES string of the molecule is Cc1cc(C)cc(NC(=O)C2(c3ccccc3)CC2)c1. The molecule has 1 N–H and O–H groups in total. The Morgan fingerprint density at radius 3 is 2.15 bits per heavy atom. The second kappa shape index (κ2) is 4.78. The van der Waals surface area contributed by atoms with Crippen LogP contribution in [0.4, 0.5) is 5.69 Å². The zero-order valence-electron chi connectivity index (χ0n) is 11.9. The van der Waals surface area contributed by atoms with E-state index in [1.165, 1.54) is 11.1 Å². The van der Waals surface area contributed by atoms with E-state index in [4.69, 9.17) is 0 Å². The number of carbonyl (C=O) groups is 1. The van der Waals surface area contributed by atoms with Gasteiger partial charge in [0.2, 0.25) is 5.91 Å². The summed E-state index contributed by atoms with van der Waals surface area (Å²) in [5.74, 6) is 0.119. The Morgan fingerprint density at radius 1 is 1.00 bits per heavy atom. The first kappa shape index (κ1) is 12.9. The average Bonchev–Trinajstić information content (AvgIpc) is 3.20. The molecule has 20 heavy (non-hydrogen) atoms. The molecule has 0 unspecified atom stereocenters. The molecule has 0 bridgehead atoms. The fourth-order valence-corrected chi connectivity index (χ4v) is 2.83. The van der Waals surface area contributed by atoms with Crippen molar-refractivity contribution in [1.82, 2.24) is 0 Å². The Balaban J connectivity index is 1.83. The van der Waals surface area contributed by atoms with Gasteiger partial charge in [0.15, 0.2) is 0 Å². The van der Waals surface area contributed by atoms with Crippen molar-refractivity contribution in [2.24, 2.45) is 0 Å². The van der Waals surface area contributed by atoms with Gasteiger partial charge >= 0.3 is 0 Å². The van der Waals surface area contributed by atoms with Crippen molar-refractivity contribution in [1.29, 1.82) is 0 Å². The van der Waals surface area contributed by atoms with Gasteiger partial charge in [-0.05, 0) is 55.5 Å². The summed E-state index contributed by atoms with van der Waals surface area (Å²) in [4.78, 5) is 12.6. The number of nitrogens with one attached hydrogen (secondary N) is 1. The molecule has 2 aromatic rings. The van der Waals surface area contributed by atoms with Gasteiger partial charge in [-0.2, -0.15) is 0 Å². The lowest BCUT2D eigenvalue weighted by molar-refractivity contribution is -0.118. The first-order valence-corrected chi connectivity index (χ1v) is 7.05. The van der Waals surface area contributed by atoms with Crippen LogP contribution in [0.25, 0.3) is 0 Å². The molecule has 1 fully saturated rings. The zero-order chi connectivity index (χ0) is 14.2. The van der Waals surface area contributed by atoms with E-state index in [1.807, 2.05) is 56.3 Å². The molecule has 0 spiro atoms. The normalized spacial score (nSPS) is 15.7. The van der Waals surface area contributed by atoms with Crippen LogP contribution in [0, 0.1) is 13.8 Å². The van der Waals surface area contributed by atoms with Crippen LogP contribution in [0.5, 0.6) is 0 Å². The van der Waals surface area contributed by atoms with Gasteiger partial charge in [-0.3, -0.25) is 4.79 Å². The number of hydrogen-bond donors (Lipinski definition) is 1. The predicted molar refractivity (Wildman–Crippen MR) is 81.9 cm³/mol. The standard InChI is InChI=1S/C18H19NO/c1-13-10-14(2)12-16(11-13)19-17(20)18(8-9-18)15-6-4-3-5-7-15/h3-7,10-12H,8-9H2,1-2H3,(H,19,20). The van der Waals surface area contributed by atoms with Gasteiger partial charge in [-0.15, -0.1) is 0 Å². The summed E-state index contributed by atoms with van der Waals surface area (Å²) in [5, 5.41) is 3.09. The maximum Gasteiger partial charge on any atom is 0.235 e. The van der Waals surface area contributed by atoms with Crippen molar-refractivity contribution >= 4 is 11.6 Å². The molecule has 1 aliphatic rings. The van der Waals surface area contributed by atoms with Crippen LogP contribution in [0.15, 0.2) is 48.5 Å². The molecule has 2 heteroatoms. The van der Waals surface area contributed by atoms with E-state index < -0.39 is 0 Å². The third-order valence-electron chi connectivity index (χ3n) is 3.99. The maximum atomic E-state index is 12.6. The van der Waals surface area contributed by atoms with Crippen molar-refractivity contribution in [2.45, 2.75) is 32.1 Å². The first-order valence-electron chi connectivity index (χ1n) is 7.05. The molecular weight excluding hydrogens is 246 g/mol. The van der Waals surface area contributed by atoms with Crippen LogP contribution in [0.2, 0.25) is 0 Å². The molecule has 102 valence electrons. The molecule has 2 nitrogen and oxygen atoms in total. The second-order valence-electron chi connectivity index (χ2n) is 5.78. The summed E-state index contributed by atoms with van der Waals surface area (Å²) in [6, 6.07) is 16.2. The average molecular weight is 265 g/mol. The van der Waals surface area contributed by atoms with Gasteiger partial charge in [0.1, 0.15) is 0 Å². The monoisotopic (exact) mass is 265 g/mol. The van der Waals surface area contributed by atoms with Crippen LogP contribution in [-0.4, -0.2) is 5.91 Å². The predicted octanol–water partition coefficient (Wildman–Crippen LogP) is 3.97. The van der Waals surface area contributed by atoms with E-state index in [0.29, 0.717) is 0 Å². The summed E-state index contributed by atoms with van der Waals surface area (Å²) in [6.45, 7) is 4.10. The number of anilines is 1. The molecule has 1 aliphatic carbocycles. The number of hydrogen-bond acceptors (Lipinski definition) is 1. The number of aryl methyl sites for hydroxylation is 2. The third kappa shape index (κ3) is 2.34. The highest BCUT2D eigenvalue weighted by molar-refractivity contribution is 6.01. The molecule has 0 heterocycles. The molecule has 2 aromatic carbocycles. The number of amides is 1. The Kier molecular flexibility index (Phi) is 3.09.